The molecule has 0 amide bonds. The number of hydrogen-bond donors (Lipinski definition) is 1. The van der Waals surface area contributed by atoms with Gasteiger partial charge in [0.05, 0.1) is 19.0 Å². The highest BCUT2D eigenvalue weighted by molar-refractivity contribution is 8.16. The molecule has 0 radical (unpaired) electrons. The highest BCUT2D eigenvalue weighted by Gasteiger charge is 2.31. The zero-order valence-corrected chi connectivity index (χ0v) is 13.1. The summed E-state index contributed by atoms with van der Waals surface area (Å²) in [5.74, 6) is 0.994. The Bertz CT molecular complexity index is 743. The van der Waals surface area contributed by atoms with Gasteiger partial charge in [-0.1, -0.05) is 17.3 Å². The van der Waals surface area contributed by atoms with E-state index in [0.717, 1.165) is 22.3 Å². The van der Waals surface area contributed by atoms with Crippen molar-refractivity contribution in [2.24, 2.45) is 5.16 Å². The lowest BCUT2D eigenvalue weighted by molar-refractivity contribution is 0.397. The Morgan fingerprint density at radius 1 is 1.24 bits per heavy atom. The smallest absolute Gasteiger partial charge is 0.179 e. The summed E-state index contributed by atoms with van der Waals surface area (Å²) in [5, 5.41) is 14.7. The molecule has 4 nitrogen and oxygen atoms in total. The quantitative estimate of drug-likeness (QED) is 0.884. The van der Waals surface area contributed by atoms with Crippen molar-refractivity contribution in [3.8, 4) is 11.5 Å². The summed E-state index contributed by atoms with van der Waals surface area (Å²) in [7, 11) is 1.63. The molecule has 0 aromatic heterocycles. The van der Waals surface area contributed by atoms with Crippen molar-refractivity contribution in [3.05, 3.63) is 54.1 Å². The molecule has 2 aromatic carbocycles. The number of methoxy groups -OCH3 is 1. The zero-order chi connectivity index (χ0) is 14.9. The van der Waals surface area contributed by atoms with E-state index in [1.54, 1.807) is 25.3 Å². The number of nitrogens with zero attached hydrogens (tertiary/aromatic N) is 1. The Morgan fingerprint density at radius 3 is 2.67 bits per heavy atom. The van der Waals surface area contributed by atoms with Gasteiger partial charge in [-0.2, -0.15) is 0 Å². The summed E-state index contributed by atoms with van der Waals surface area (Å²) in [6.07, 6.45) is -1.62. The van der Waals surface area contributed by atoms with Gasteiger partial charge in [0.15, 0.2) is 6.26 Å². The Labute approximate surface area is 128 Å². The topological polar surface area (TPSA) is 51.0 Å². The predicted molar refractivity (Wildman–Crippen MR) is 87.5 cm³/mol. The fourth-order valence-electron chi connectivity index (χ4n) is 2.15. The highest BCUT2D eigenvalue weighted by atomic mass is 32.4. The minimum absolute atomic E-state index is 0.208. The van der Waals surface area contributed by atoms with E-state index in [-0.39, 0.29) is 5.75 Å². The SMILES string of the molecule is COc1ccc(P2(=S)CC(c3cccc(O)c3)=NO2)cc1. The Hall–Kier alpha value is -1.84. The molecule has 0 aliphatic carbocycles. The van der Waals surface area contributed by atoms with E-state index in [9.17, 15) is 5.11 Å². The fourth-order valence-corrected chi connectivity index (χ4v) is 4.78. The second kappa shape index (κ2) is 5.51. The van der Waals surface area contributed by atoms with E-state index in [1.807, 2.05) is 30.3 Å². The number of phenolic OH excluding ortho intramolecular Hbond substituents is 1. The third kappa shape index (κ3) is 2.80. The van der Waals surface area contributed by atoms with Crippen LogP contribution in [0.5, 0.6) is 11.5 Å². The maximum Gasteiger partial charge on any atom is 0.179 e. The molecule has 3 rings (SSSR count). The van der Waals surface area contributed by atoms with Crippen LogP contribution in [0.25, 0.3) is 0 Å². The van der Waals surface area contributed by atoms with Crippen LogP contribution in [0.15, 0.2) is 53.7 Å². The minimum atomic E-state index is -2.20. The summed E-state index contributed by atoms with van der Waals surface area (Å²) in [6, 6.07) is 14.6. The number of oxime groups is 1. The average Bonchev–Trinajstić information content (AvgIpc) is 2.91. The van der Waals surface area contributed by atoms with Gasteiger partial charge in [-0.25, -0.2) is 0 Å². The second-order valence-corrected chi connectivity index (χ2v) is 8.81. The lowest BCUT2D eigenvalue weighted by Gasteiger charge is -2.13. The molecule has 6 heteroatoms. The minimum Gasteiger partial charge on any atom is -0.508 e. The van der Waals surface area contributed by atoms with Crippen molar-refractivity contribution < 1.29 is 14.5 Å². The maximum atomic E-state index is 9.55. The molecule has 108 valence electrons. The van der Waals surface area contributed by atoms with E-state index >= 15 is 0 Å². The molecule has 0 spiro atoms. The van der Waals surface area contributed by atoms with E-state index < -0.39 is 6.26 Å². The molecule has 1 unspecified atom stereocenters. The molecule has 1 heterocycles. The second-order valence-electron chi connectivity index (χ2n) is 4.70. The molecular formula is C15H14NO3PS. The normalized spacial score (nSPS) is 20.7. The van der Waals surface area contributed by atoms with Crippen LogP contribution in [-0.4, -0.2) is 24.1 Å². The Kier molecular flexibility index (Phi) is 3.70. The van der Waals surface area contributed by atoms with Crippen LogP contribution in [0.2, 0.25) is 0 Å². The van der Waals surface area contributed by atoms with Crippen molar-refractivity contribution in [2.75, 3.05) is 13.3 Å². The van der Waals surface area contributed by atoms with Crippen LogP contribution in [0.1, 0.15) is 5.56 Å². The average molecular weight is 319 g/mol. The van der Waals surface area contributed by atoms with Crippen LogP contribution in [0.3, 0.4) is 0 Å². The van der Waals surface area contributed by atoms with Crippen molar-refractivity contribution in [1.29, 1.82) is 0 Å². The summed E-state index contributed by atoms with van der Waals surface area (Å²) < 4.78 is 10.7. The number of aromatic hydroxyl groups is 1. The van der Waals surface area contributed by atoms with Crippen LogP contribution in [0, 0.1) is 0 Å². The standard InChI is InChI=1S/C15H14NO3PS/c1-18-13-5-7-14(8-6-13)20(21)10-15(16-19-20)11-3-2-4-12(17)9-11/h2-9,17H,10H2,1H3. The van der Waals surface area contributed by atoms with Gasteiger partial charge in [0.1, 0.15) is 11.5 Å². The van der Waals surface area contributed by atoms with Gasteiger partial charge in [0.25, 0.3) is 0 Å². The molecule has 1 aliphatic rings. The third-order valence-electron chi connectivity index (χ3n) is 3.29. The maximum absolute atomic E-state index is 9.55. The first kappa shape index (κ1) is 14.1. The summed E-state index contributed by atoms with van der Waals surface area (Å²) in [5.41, 5.74) is 1.63. The van der Waals surface area contributed by atoms with Gasteiger partial charge in [-0.15, -0.1) is 0 Å². The zero-order valence-electron chi connectivity index (χ0n) is 11.4. The summed E-state index contributed by atoms with van der Waals surface area (Å²) in [4.78, 5) is 0. The van der Waals surface area contributed by atoms with Gasteiger partial charge in [0, 0.05) is 10.9 Å². The van der Waals surface area contributed by atoms with E-state index in [1.165, 1.54) is 0 Å². The van der Waals surface area contributed by atoms with Gasteiger partial charge in [-0.05, 0) is 48.2 Å². The molecule has 1 aliphatic heterocycles. The summed E-state index contributed by atoms with van der Waals surface area (Å²) >= 11 is 5.69. The van der Waals surface area contributed by atoms with Crippen LogP contribution in [0.4, 0.5) is 0 Å². The monoisotopic (exact) mass is 319 g/mol. The molecule has 1 N–H and O–H groups in total. The first-order chi connectivity index (χ1) is 10.1. The Balaban J connectivity index is 1.85. The van der Waals surface area contributed by atoms with E-state index in [2.05, 4.69) is 5.16 Å². The fraction of sp³-hybridized carbons (Fsp3) is 0.133. The molecule has 21 heavy (non-hydrogen) atoms. The molecule has 2 aromatic rings. The number of hydrogen-bond acceptors (Lipinski definition) is 5. The van der Waals surface area contributed by atoms with Gasteiger partial charge in [0.2, 0.25) is 0 Å². The van der Waals surface area contributed by atoms with Crippen molar-refractivity contribution in [3.63, 3.8) is 0 Å². The number of phenols is 1. The number of ether oxygens (including phenoxy) is 1. The molecule has 0 bridgehead atoms. The number of rotatable bonds is 3. The molecule has 1 atom stereocenters. The van der Waals surface area contributed by atoms with E-state index in [0.29, 0.717) is 6.16 Å². The third-order valence-corrected chi connectivity index (χ3v) is 6.65. The van der Waals surface area contributed by atoms with Crippen LogP contribution >= 0.6 is 6.26 Å². The van der Waals surface area contributed by atoms with Crippen molar-refractivity contribution >= 4 is 29.1 Å². The Morgan fingerprint density at radius 2 is 2.00 bits per heavy atom. The van der Waals surface area contributed by atoms with Crippen molar-refractivity contribution in [2.45, 2.75) is 0 Å². The first-order valence-electron chi connectivity index (χ1n) is 6.39. The number of benzene rings is 2. The molecular weight excluding hydrogens is 305 g/mol. The van der Waals surface area contributed by atoms with E-state index in [4.69, 9.17) is 21.2 Å². The lowest BCUT2D eigenvalue weighted by Crippen LogP contribution is -2.09. The first-order valence-corrected chi connectivity index (χ1v) is 9.30. The van der Waals surface area contributed by atoms with Gasteiger partial charge in [-0.3, -0.25) is 0 Å². The van der Waals surface area contributed by atoms with Crippen molar-refractivity contribution in [1.82, 2.24) is 0 Å². The van der Waals surface area contributed by atoms with Crippen LogP contribution in [-0.2, 0) is 16.4 Å². The summed E-state index contributed by atoms with van der Waals surface area (Å²) in [6.45, 7) is 0. The molecule has 0 saturated carbocycles. The molecule has 0 fully saturated rings. The largest absolute Gasteiger partial charge is 0.508 e. The lowest BCUT2D eigenvalue weighted by atomic mass is 10.1. The molecule has 0 saturated heterocycles. The highest BCUT2D eigenvalue weighted by Crippen LogP contribution is 2.51. The van der Waals surface area contributed by atoms with Gasteiger partial charge < -0.3 is 14.5 Å². The predicted octanol–water partition coefficient (Wildman–Crippen LogP) is 2.86. The van der Waals surface area contributed by atoms with Crippen LogP contribution < -0.4 is 10.0 Å². The van der Waals surface area contributed by atoms with Gasteiger partial charge >= 0.3 is 0 Å².